The van der Waals surface area contributed by atoms with Gasteiger partial charge in [0, 0.05) is 18.2 Å². The smallest absolute Gasteiger partial charge is 0.407 e. The van der Waals surface area contributed by atoms with Gasteiger partial charge in [-0.3, -0.25) is 0 Å². The summed E-state index contributed by atoms with van der Waals surface area (Å²) in [5, 5.41) is 2.86. The minimum atomic E-state index is -0.405. The summed E-state index contributed by atoms with van der Waals surface area (Å²) in [4.78, 5) is 23.0. The van der Waals surface area contributed by atoms with Crippen LogP contribution in [0.4, 0.5) is 4.79 Å². The molecule has 144 valence electrons. The van der Waals surface area contributed by atoms with Gasteiger partial charge in [-0.1, -0.05) is 27.4 Å². The molecule has 0 heterocycles. The molecule has 0 aromatic rings. The molecule has 0 aromatic carbocycles. The van der Waals surface area contributed by atoms with Crippen molar-refractivity contribution in [3.05, 3.63) is 12.2 Å². The Labute approximate surface area is 151 Å². The predicted molar refractivity (Wildman–Crippen MR) is 98.1 cm³/mol. The second kappa shape index (κ2) is 9.22. The number of alkyl carbamates (subject to hydrolysis) is 1. The van der Waals surface area contributed by atoms with E-state index in [1.165, 1.54) is 0 Å². The Kier molecular flexibility index (Phi) is 7.93. The summed E-state index contributed by atoms with van der Waals surface area (Å²) in [6, 6.07) is 0.175. The normalized spacial score (nSPS) is 25.1. The summed E-state index contributed by atoms with van der Waals surface area (Å²) in [7, 11) is 0. The molecular formula is C19H34N2O4. The zero-order chi connectivity index (χ0) is 19.1. The van der Waals surface area contributed by atoms with Crippen molar-refractivity contribution >= 4 is 12.1 Å². The standard InChI is InChI=1S/C19H34N2O4/c1-14(2)16(22)24-8-6-7-9-25-17(23)21-13-19(5)11-15(20)10-18(3,4)12-19/h15H,1,6-13,20H2,2-5H3,(H,21,23). The number of esters is 1. The molecule has 0 spiro atoms. The summed E-state index contributed by atoms with van der Waals surface area (Å²) < 4.78 is 10.1. The van der Waals surface area contributed by atoms with E-state index in [4.69, 9.17) is 15.2 Å². The van der Waals surface area contributed by atoms with E-state index in [-0.39, 0.29) is 22.8 Å². The first-order valence-electron chi connectivity index (χ1n) is 9.02. The van der Waals surface area contributed by atoms with E-state index >= 15 is 0 Å². The Morgan fingerprint density at radius 2 is 1.76 bits per heavy atom. The number of carbonyl (C=O) groups is 2. The lowest BCUT2D eigenvalue weighted by atomic mass is 9.63. The summed E-state index contributed by atoms with van der Waals surface area (Å²) in [5.74, 6) is -0.388. The van der Waals surface area contributed by atoms with E-state index < -0.39 is 6.09 Å². The highest BCUT2D eigenvalue weighted by Gasteiger charge is 2.40. The van der Waals surface area contributed by atoms with Crippen LogP contribution in [0.1, 0.15) is 59.8 Å². The van der Waals surface area contributed by atoms with Crippen LogP contribution in [0.5, 0.6) is 0 Å². The first-order valence-corrected chi connectivity index (χ1v) is 9.02. The van der Waals surface area contributed by atoms with E-state index in [2.05, 4.69) is 32.7 Å². The van der Waals surface area contributed by atoms with E-state index in [0.717, 1.165) is 19.3 Å². The molecule has 3 N–H and O–H groups in total. The van der Waals surface area contributed by atoms with Crippen molar-refractivity contribution in [3.63, 3.8) is 0 Å². The topological polar surface area (TPSA) is 90.6 Å². The fourth-order valence-corrected chi connectivity index (χ4v) is 3.84. The van der Waals surface area contributed by atoms with Crippen molar-refractivity contribution in [3.8, 4) is 0 Å². The third-order valence-corrected chi connectivity index (χ3v) is 4.49. The molecule has 2 unspecified atom stereocenters. The van der Waals surface area contributed by atoms with E-state index in [1.807, 2.05) is 0 Å². The molecule has 0 saturated heterocycles. The summed E-state index contributed by atoms with van der Waals surface area (Å²) >= 11 is 0. The predicted octanol–water partition coefficient (Wildman–Crippen LogP) is 3.16. The molecule has 0 aromatic heterocycles. The lowest BCUT2D eigenvalue weighted by Crippen LogP contribution is -2.47. The number of amides is 1. The zero-order valence-electron chi connectivity index (χ0n) is 16.2. The fourth-order valence-electron chi connectivity index (χ4n) is 3.84. The van der Waals surface area contributed by atoms with Crippen molar-refractivity contribution < 1.29 is 19.1 Å². The van der Waals surface area contributed by atoms with Gasteiger partial charge in [0.1, 0.15) is 0 Å². The first kappa shape index (κ1) is 21.5. The number of hydrogen-bond donors (Lipinski definition) is 2. The number of unbranched alkanes of at least 4 members (excludes halogenated alkanes) is 1. The molecule has 1 aliphatic rings. The van der Waals surface area contributed by atoms with Crippen molar-refractivity contribution in [2.24, 2.45) is 16.6 Å². The fraction of sp³-hybridized carbons (Fsp3) is 0.789. The first-order chi connectivity index (χ1) is 11.5. The molecule has 2 atom stereocenters. The summed E-state index contributed by atoms with van der Waals surface area (Å²) in [6.45, 7) is 12.9. The van der Waals surface area contributed by atoms with Crippen LogP contribution >= 0.6 is 0 Å². The quantitative estimate of drug-likeness (QED) is 0.397. The largest absolute Gasteiger partial charge is 0.462 e. The Morgan fingerprint density at radius 3 is 2.32 bits per heavy atom. The van der Waals surface area contributed by atoms with E-state index in [9.17, 15) is 9.59 Å². The van der Waals surface area contributed by atoms with Crippen LogP contribution in [0.15, 0.2) is 12.2 Å². The van der Waals surface area contributed by atoms with Gasteiger partial charge in [-0.2, -0.15) is 0 Å². The highest BCUT2D eigenvalue weighted by atomic mass is 16.5. The molecule has 1 fully saturated rings. The van der Waals surface area contributed by atoms with Gasteiger partial charge < -0.3 is 20.5 Å². The molecule has 1 rings (SSSR count). The maximum absolute atomic E-state index is 11.8. The minimum Gasteiger partial charge on any atom is -0.462 e. The average Bonchev–Trinajstić information content (AvgIpc) is 2.45. The second-order valence-electron chi connectivity index (χ2n) is 8.43. The Hall–Kier alpha value is -1.56. The van der Waals surface area contributed by atoms with Crippen molar-refractivity contribution in [1.82, 2.24) is 5.32 Å². The second-order valence-corrected chi connectivity index (χ2v) is 8.43. The lowest BCUT2D eigenvalue weighted by Gasteiger charge is -2.45. The third kappa shape index (κ3) is 8.38. The SMILES string of the molecule is C=C(C)C(=O)OCCCCOC(=O)NCC1(C)CC(N)CC(C)(C)C1. The minimum absolute atomic E-state index is 0.00304. The Morgan fingerprint density at radius 1 is 1.16 bits per heavy atom. The van der Waals surface area contributed by atoms with Gasteiger partial charge in [0.15, 0.2) is 0 Å². The number of nitrogens with one attached hydrogen (secondary N) is 1. The van der Waals surface area contributed by atoms with E-state index in [0.29, 0.717) is 38.2 Å². The van der Waals surface area contributed by atoms with Crippen molar-refractivity contribution in [1.29, 1.82) is 0 Å². The average molecular weight is 354 g/mol. The molecule has 0 aliphatic heterocycles. The molecule has 1 saturated carbocycles. The van der Waals surface area contributed by atoms with Gasteiger partial charge in [-0.15, -0.1) is 0 Å². The molecule has 0 radical (unpaired) electrons. The van der Waals surface area contributed by atoms with Crippen LogP contribution in [-0.4, -0.2) is 37.9 Å². The summed E-state index contributed by atoms with van der Waals surface area (Å²) in [5.41, 5.74) is 6.75. The molecule has 6 nitrogen and oxygen atoms in total. The maximum atomic E-state index is 11.8. The van der Waals surface area contributed by atoms with Crippen LogP contribution < -0.4 is 11.1 Å². The monoisotopic (exact) mass is 354 g/mol. The summed E-state index contributed by atoms with van der Waals surface area (Å²) in [6.07, 6.45) is 3.84. The van der Waals surface area contributed by atoms with Crippen LogP contribution in [0.25, 0.3) is 0 Å². The highest BCUT2D eigenvalue weighted by molar-refractivity contribution is 5.86. The van der Waals surface area contributed by atoms with Gasteiger partial charge in [-0.05, 0) is 49.9 Å². The van der Waals surface area contributed by atoms with Gasteiger partial charge >= 0.3 is 12.1 Å². The zero-order valence-corrected chi connectivity index (χ0v) is 16.2. The number of ether oxygens (including phenoxy) is 2. The van der Waals surface area contributed by atoms with Gasteiger partial charge in [0.2, 0.25) is 0 Å². The molecule has 0 bridgehead atoms. The van der Waals surface area contributed by atoms with Crippen LogP contribution in [-0.2, 0) is 14.3 Å². The molecule has 1 aliphatic carbocycles. The third-order valence-electron chi connectivity index (χ3n) is 4.49. The molecule has 25 heavy (non-hydrogen) atoms. The van der Waals surface area contributed by atoms with Crippen molar-refractivity contribution in [2.45, 2.75) is 65.8 Å². The van der Waals surface area contributed by atoms with Crippen LogP contribution in [0.2, 0.25) is 0 Å². The van der Waals surface area contributed by atoms with Crippen LogP contribution in [0, 0.1) is 10.8 Å². The maximum Gasteiger partial charge on any atom is 0.407 e. The molecular weight excluding hydrogens is 320 g/mol. The number of nitrogens with two attached hydrogens (primary N) is 1. The number of rotatable bonds is 8. The molecule has 6 heteroatoms. The Bertz CT molecular complexity index is 490. The Balaban J connectivity index is 2.18. The van der Waals surface area contributed by atoms with Gasteiger partial charge in [-0.25, -0.2) is 9.59 Å². The number of carbonyl (C=O) groups excluding carboxylic acids is 2. The van der Waals surface area contributed by atoms with Gasteiger partial charge in [0.25, 0.3) is 0 Å². The highest BCUT2D eigenvalue weighted by Crippen LogP contribution is 2.45. The molecule has 1 amide bonds. The van der Waals surface area contributed by atoms with Gasteiger partial charge in [0.05, 0.1) is 13.2 Å². The lowest BCUT2D eigenvalue weighted by molar-refractivity contribution is -0.139. The van der Waals surface area contributed by atoms with Crippen LogP contribution in [0.3, 0.4) is 0 Å². The van der Waals surface area contributed by atoms with Crippen molar-refractivity contribution in [2.75, 3.05) is 19.8 Å². The van der Waals surface area contributed by atoms with E-state index in [1.54, 1.807) is 6.92 Å². The number of hydrogen-bond acceptors (Lipinski definition) is 5.